The fourth-order valence-corrected chi connectivity index (χ4v) is 2.65. The van der Waals surface area contributed by atoms with Crippen LogP contribution in [0.3, 0.4) is 0 Å². The van der Waals surface area contributed by atoms with Crippen molar-refractivity contribution in [2.24, 2.45) is 0 Å². The smallest absolute Gasteiger partial charge is 0.255 e. The van der Waals surface area contributed by atoms with Gasteiger partial charge in [-0.3, -0.25) is 4.79 Å². The van der Waals surface area contributed by atoms with Crippen molar-refractivity contribution < 1.29 is 13.9 Å². The standard InChI is InChI=1S/C18H18FNO2/c19-14-5-3-4-13(12-14)18(21)20-15-8-10-17(11-9-15)22-16-6-1-2-7-16/h3-5,8-12,16H,1-2,6-7H2,(H,20,21). The second kappa shape index (κ2) is 6.60. The van der Waals surface area contributed by atoms with E-state index in [9.17, 15) is 9.18 Å². The molecule has 3 rings (SSSR count). The molecule has 0 heterocycles. The van der Waals surface area contributed by atoms with Crippen LogP contribution in [-0.4, -0.2) is 12.0 Å². The Morgan fingerprint density at radius 1 is 1.09 bits per heavy atom. The Morgan fingerprint density at radius 2 is 1.82 bits per heavy atom. The van der Waals surface area contributed by atoms with Crippen LogP contribution in [0.2, 0.25) is 0 Å². The van der Waals surface area contributed by atoms with Crippen molar-refractivity contribution in [2.45, 2.75) is 31.8 Å². The molecule has 3 nitrogen and oxygen atoms in total. The number of carbonyl (C=O) groups is 1. The Kier molecular flexibility index (Phi) is 4.37. The number of hydrogen-bond donors (Lipinski definition) is 1. The highest BCUT2D eigenvalue weighted by molar-refractivity contribution is 6.04. The number of hydrogen-bond acceptors (Lipinski definition) is 2. The molecule has 0 saturated heterocycles. The van der Waals surface area contributed by atoms with Gasteiger partial charge < -0.3 is 10.1 Å². The zero-order chi connectivity index (χ0) is 15.4. The Morgan fingerprint density at radius 3 is 2.50 bits per heavy atom. The Bertz CT molecular complexity index is 648. The van der Waals surface area contributed by atoms with Crippen LogP contribution in [0.15, 0.2) is 48.5 Å². The maximum absolute atomic E-state index is 13.1. The molecule has 114 valence electrons. The van der Waals surface area contributed by atoms with Crippen LogP contribution < -0.4 is 10.1 Å². The van der Waals surface area contributed by atoms with Gasteiger partial charge in [-0.15, -0.1) is 0 Å². The number of rotatable bonds is 4. The van der Waals surface area contributed by atoms with E-state index in [1.54, 1.807) is 18.2 Å². The van der Waals surface area contributed by atoms with Gasteiger partial charge in [-0.1, -0.05) is 6.07 Å². The third-order valence-electron chi connectivity index (χ3n) is 3.80. The molecular formula is C18H18FNO2. The zero-order valence-corrected chi connectivity index (χ0v) is 12.2. The summed E-state index contributed by atoms with van der Waals surface area (Å²) in [7, 11) is 0. The van der Waals surface area contributed by atoms with Crippen molar-refractivity contribution in [1.82, 2.24) is 0 Å². The number of carbonyl (C=O) groups excluding carboxylic acids is 1. The summed E-state index contributed by atoms with van der Waals surface area (Å²) < 4.78 is 19.0. The summed E-state index contributed by atoms with van der Waals surface area (Å²) >= 11 is 0. The Hall–Kier alpha value is -2.36. The summed E-state index contributed by atoms with van der Waals surface area (Å²) in [4.78, 5) is 12.0. The lowest BCUT2D eigenvalue weighted by molar-refractivity contribution is 0.102. The molecule has 2 aromatic rings. The predicted molar refractivity (Wildman–Crippen MR) is 83.7 cm³/mol. The maximum atomic E-state index is 13.1. The van der Waals surface area contributed by atoms with Gasteiger partial charge in [-0.25, -0.2) is 4.39 Å². The van der Waals surface area contributed by atoms with Crippen LogP contribution >= 0.6 is 0 Å². The summed E-state index contributed by atoms with van der Waals surface area (Å²) in [6.45, 7) is 0. The minimum absolute atomic E-state index is 0.297. The van der Waals surface area contributed by atoms with Crippen LogP contribution in [0.25, 0.3) is 0 Å². The molecule has 4 heteroatoms. The van der Waals surface area contributed by atoms with Crippen molar-refractivity contribution in [3.63, 3.8) is 0 Å². The molecule has 0 aliphatic heterocycles. The molecule has 1 aliphatic rings. The maximum Gasteiger partial charge on any atom is 0.255 e. The van der Waals surface area contributed by atoms with Gasteiger partial charge in [0.2, 0.25) is 0 Å². The lowest BCUT2D eigenvalue weighted by Gasteiger charge is -2.13. The molecule has 0 bridgehead atoms. The summed E-state index contributed by atoms with van der Waals surface area (Å²) in [6, 6.07) is 12.9. The zero-order valence-electron chi connectivity index (χ0n) is 12.2. The van der Waals surface area contributed by atoms with Crippen LogP contribution in [0, 0.1) is 5.82 Å². The van der Waals surface area contributed by atoms with E-state index in [0.29, 0.717) is 17.4 Å². The van der Waals surface area contributed by atoms with E-state index in [4.69, 9.17) is 4.74 Å². The number of halogens is 1. The van der Waals surface area contributed by atoms with Crippen molar-refractivity contribution in [2.75, 3.05) is 5.32 Å². The molecule has 1 amide bonds. The molecule has 1 aliphatic carbocycles. The van der Waals surface area contributed by atoms with Gasteiger partial charge in [0.05, 0.1) is 6.10 Å². The molecule has 0 spiro atoms. The summed E-state index contributed by atoms with van der Waals surface area (Å²) in [5, 5.41) is 2.75. The lowest BCUT2D eigenvalue weighted by atomic mass is 10.2. The number of benzene rings is 2. The number of amides is 1. The molecule has 0 atom stereocenters. The summed E-state index contributed by atoms with van der Waals surface area (Å²) in [5.41, 5.74) is 0.958. The molecule has 0 radical (unpaired) electrons. The largest absolute Gasteiger partial charge is 0.490 e. The van der Waals surface area contributed by atoms with E-state index in [1.807, 2.05) is 12.1 Å². The second-order valence-electron chi connectivity index (χ2n) is 5.51. The average Bonchev–Trinajstić information content (AvgIpc) is 3.02. The monoisotopic (exact) mass is 299 g/mol. The van der Waals surface area contributed by atoms with E-state index < -0.39 is 5.82 Å². The first kappa shape index (κ1) is 14.6. The van der Waals surface area contributed by atoms with E-state index >= 15 is 0 Å². The van der Waals surface area contributed by atoms with Crippen molar-refractivity contribution in [3.8, 4) is 5.75 Å². The van der Waals surface area contributed by atoms with E-state index in [2.05, 4.69) is 5.32 Å². The van der Waals surface area contributed by atoms with E-state index in [1.165, 1.54) is 31.0 Å². The second-order valence-corrected chi connectivity index (χ2v) is 5.51. The molecular weight excluding hydrogens is 281 g/mol. The third kappa shape index (κ3) is 3.64. The molecule has 1 N–H and O–H groups in total. The van der Waals surface area contributed by atoms with Crippen LogP contribution in [0.4, 0.5) is 10.1 Å². The van der Waals surface area contributed by atoms with Crippen LogP contribution in [0.5, 0.6) is 5.75 Å². The highest BCUT2D eigenvalue weighted by Gasteiger charge is 2.16. The molecule has 2 aromatic carbocycles. The van der Waals surface area contributed by atoms with Gasteiger partial charge >= 0.3 is 0 Å². The van der Waals surface area contributed by atoms with Crippen LogP contribution in [-0.2, 0) is 0 Å². The fourth-order valence-electron chi connectivity index (χ4n) is 2.65. The van der Waals surface area contributed by atoms with Crippen molar-refractivity contribution in [1.29, 1.82) is 0 Å². The first-order valence-corrected chi connectivity index (χ1v) is 7.54. The predicted octanol–water partition coefficient (Wildman–Crippen LogP) is 4.40. The van der Waals surface area contributed by atoms with E-state index in [0.717, 1.165) is 18.6 Å². The highest BCUT2D eigenvalue weighted by Crippen LogP contribution is 2.25. The quantitative estimate of drug-likeness (QED) is 0.908. The molecule has 1 fully saturated rings. The Labute approximate surface area is 129 Å². The first-order valence-electron chi connectivity index (χ1n) is 7.54. The molecule has 0 unspecified atom stereocenters. The van der Waals surface area contributed by atoms with Gasteiger partial charge in [0.25, 0.3) is 5.91 Å². The number of ether oxygens (including phenoxy) is 1. The lowest BCUT2D eigenvalue weighted by Crippen LogP contribution is -2.12. The number of nitrogens with one attached hydrogen (secondary N) is 1. The number of anilines is 1. The average molecular weight is 299 g/mol. The van der Waals surface area contributed by atoms with Gasteiger partial charge in [-0.2, -0.15) is 0 Å². The topological polar surface area (TPSA) is 38.3 Å². The van der Waals surface area contributed by atoms with Gasteiger partial charge in [0.1, 0.15) is 11.6 Å². The fraction of sp³-hybridized carbons (Fsp3) is 0.278. The third-order valence-corrected chi connectivity index (χ3v) is 3.80. The first-order chi connectivity index (χ1) is 10.7. The van der Waals surface area contributed by atoms with Crippen molar-refractivity contribution in [3.05, 3.63) is 59.9 Å². The molecule has 0 aromatic heterocycles. The Balaban J connectivity index is 1.61. The SMILES string of the molecule is O=C(Nc1ccc(OC2CCCC2)cc1)c1cccc(F)c1. The normalized spacial score (nSPS) is 14.8. The molecule has 22 heavy (non-hydrogen) atoms. The highest BCUT2D eigenvalue weighted by atomic mass is 19.1. The van der Waals surface area contributed by atoms with Gasteiger partial charge in [0, 0.05) is 11.3 Å². The van der Waals surface area contributed by atoms with E-state index in [-0.39, 0.29) is 5.91 Å². The minimum Gasteiger partial charge on any atom is -0.490 e. The van der Waals surface area contributed by atoms with Crippen LogP contribution in [0.1, 0.15) is 36.0 Å². The minimum atomic E-state index is -0.423. The van der Waals surface area contributed by atoms with Crippen molar-refractivity contribution >= 4 is 11.6 Å². The van der Waals surface area contributed by atoms with Gasteiger partial charge in [-0.05, 0) is 68.1 Å². The van der Waals surface area contributed by atoms with Gasteiger partial charge in [0.15, 0.2) is 0 Å². The molecule has 1 saturated carbocycles. The summed E-state index contributed by atoms with van der Waals surface area (Å²) in [5.74, 6) is 0.0626. The summed E-state index contributed by atoms with van der Waals surface area (Å²) in [6.07, 6.45) is 4.99.